The molecule has 0 saturated heterocycles. The minimum absolute atomic E-state index is 0. The predicted molar refractivity (Wildman–Crippen MR) is 110 cm³/mol. The number of hydrogen-bond acceptors (Lipinski definition) is 2. The van der Waals surface area contributed by atoms with E-state index in [9.17, 15) is 4.79 Å². The molecule has 1 amide bonds. The molecule has 26 heavy (non-hydrogen) atoms. The van der Waals surface area contributed by atoms with Gasteiger partial charge in [-0.1, -0.05) is 60.1 Å². The Balaban J connectivity index is 0.00000243. The highest BCUT2D eigenvalue weighted by Crippen LogP contribution is 2.33. The summed E-state index contributed by atoms with van der Waals surface area (Å²) in [6.07, 6.45) is 4.30. The highest BCUT2D eigenvalue weighted by Gasteiger charge is 2.24. The van der Waals surface area contributed by atoms with Crippen molar-refractivity contribution in [2.75, 3.05) is 0 Å². The van der Waals surface area contributed by atoms with Crippen molar-refractivity contribution in [2.24, 2.45) is 5.73 Å². The van der Waals surface area contributed by atoms with E-state index in [2.05, 4.69) is 17.4 Å². The molecule has 5 heteroatoms. The van der Waals surface area contributed by atoms with Gasteiger partial charge in [0.25, 0.3) is 0 Å². The fourth-order valence-corrected chi connectivity index (χ4v) is 3.85. The van der Waals surface area contributed by atoms with Crippen LogP contribution in [0, 0.1) is 0 Å². The first-order valence-electron chi connectivity index (χ1n) is 8.98. The molecular formula is C21H26Cl2N2O. The minimum Gasteiger partial charge on any atom is -0.353 e. The Morgan fingerprint density at radius 1 is 1.04 bits per heavy atom. The van der Waals surface area contributed by atoms with Gasteiger partial charge in [0.05, 0.1) is 0 Å². The van der Waals surface area contributed by atoms with Gasteiger partial charge in [0.15, 0.2) is 0 Å². The monoisotopic (exact) mass is 392 g/mol. The van der Waals surface area contributed by atoms with E-state index in [0.717, 1.165) is 36.8 Å². The fourth-order valence-electron chi connectivity index (χ4n) is 3.59. The van der Waals surface area contributed by atoms with Crippen LogP contribution in [0.2, 0.25) is 5.02 Å². The smallest absolute Gasteiger partial charge is 0.221 e. The summed E-state index contributed by atoms with van der Waals surface area (Å²) in [5.74, 6) is 0.0370. The normalized spacial score (nSPS) is 20.7. The fraction of sp³-hybridized carbons (Fsp3) is 0.381. The molecule has 0 spiro atoms. The molecule has 0 bridgehead atoms. The Hall–Kier alpha value is -1.55. The van der Waals surface area contributed by atoms with E-state index in [0.29, 0.717) is 11.4 Å². The minimum atomic E-state index is -0.0410. The topological polar surface area (TPSA) is 55.1 Å². The zero-order valence-corrected chi connectivity index (χ0v) is 16.3. The van der Waals surface area contributed by atoms with Crippen LogP contribution in [0.3, 0.4) is 0 Å². The lowest BCUT2D eigenvalue weighted by atomic mass is 9.87. The van der Waals surface area contributed by atoms with E-state index in [1.165, 1.54) is 0 Å². The number of hydrogen-bond donors (Lipinski definition) is 2. The summed E-state index contributed by atoms with van der Waals surface area (Å²) in [6.45, 7) is 0. The Kier molecular flexibility index (Phi) is 7.95. The van der Waals surface area contributed by atoms with Crippen molar-refractivity contribution in [3.63, 3.8) is 0 Å². The average Bonchev–Trinajstić information content (AvgIpc) is 2.63. The summed E-state index contributed by atoms with van der Waals surface area (Å²) >= 11 is 6.41. The number of carbonyl (C=O) groups is 1. The van der Waals surface area contributed by atoms with Crippen molar-refractivity contribution < 1.29 is 4.79 Å². The van der Waals surface area contributed by atoms with Gasteiger partial charge in [0, 0.05) is 29.4 Å². The van der Waals surface area contributed by atoms with Crippen molar-refractivity contribution >= 4 is 29.9 Å². The second kappa shape index (κ2) is 9.96. The molecule has 3 N–H and O–H groups in total. The summed E-state index contributed by atoms with van der Waals surface area (Å²) in [7, 11) is 0. The van der Waals surface area contributed by atoms with Crippen LogP contribution >= 0.6 is 24.0 Å². The molecule has 0 aliphatic heterocycles. The highest BCUT2D eigenvalue weighted by atomic mass is 35.5. The van der Waals surface area contributed by atoms with Crippen LogP contribution in [0.1, 0.15) is 49.1 Å². The van der Waals surface area contributed by atoms with Gasteiger partial charge in [0.1, 0.15) is 0 Å². The van der Waals surface area contributed by atoms with Crippen LogP contribution in [-0.4, -0.2) is 18.0 Å². The summed E-state index contributed by atoms with van der Waals surface area (Å²) in [6, 6.07) is 18.4. The summed E-state index contributed by atoms with van der Waals surface area (Å²) in [4.78, 5) is 12.7. The largest absolute Gasteiger partial charge is 0.353 e. The Bertz CT molecular complexity index is 700. The Morgan fingerprint density at radius 3 is 2.31 bits per heavy atom. The van der Waals surface area contributed by atoms with E-state index in [1.807, 2.05) is 42.5 Å². The molecule has 0 radical (unpaired) electrons. The molecule has 3 rings (SSSR count). The first-order chi connectivity index (χ1) is 12.1. The number of carbonyl (C=O) groups excluding carboxylic acids is 1. The molecule has 1 fully saturated rings. The maximum atomic E-state index is 12.7. The number of benzene rings is 2. The van der Waals surface area contributed by atoms with Crippen molar-refractivity contribution in [1.82, 2.24) is 5.32 Å². The van der Waals surface area contributed by atoms with E-state index in [-0.39, 0.29) is 36.3 Å². The van der Waals surface area contributed by atoms with E-state index in [4.69, 9.17) is 17.3 Å². The SMILES string of the molecule is Cl.NC1CCC(NC(=O)CC(c2ccccc2)c2ccccc2Cl)CC1. The van der Waals surface area contributed by atoms with Gasteiger partial charge in [-0.05, 0) is 42.9 Å². The lowest BCUT2D eigenvalue weighted by Crippen LogP contribution is -2.40. The van der Waals surface area contributed by atoms with Crippen molar-refractivity contribution in [3.8, 4) is 0 Å². The quantitative estimate of drug-likeness (QED) is 0.776. The summed E-state index contributed by atoms with van der Waals surface area (Å²) < 4.78 is 0. The zero-order valence-electron chi connectivity index (χ0n) is 14.7. The molecule has 1 saturated carbocycles. The molecule has 1 aliphatic carbocycles. The van der Waals surface area contributed by atoms with E-state index >= 15 is 0 Å². The number of amides is 1. The van der Waals surface area contributed by atoms with Crippen LogP contribution in [-0.2, 0) is 4.79 Å². The molecule has 140 valence electrons. The third-order valence-electron chi connectivity index (χ3n) is 5.01. The molecule has 0 aromatic heterocycles. The number of rotatable bonds is 5. The highest BCUT2D eigenvalue weighted by molar-refractivity contribution is 6.31. The molecule has 2 aromatic carbocycles. The standard InChI is InChI=1S/C21H25ClN2O.ClH/c22-20-9-5-4-8-18(20)19(15-6-2-1-3-7-15)14-21(25)24-17-12-10-16(23)11-13-17;/h1-9,16-17,19H,10-14,23H2,(H,24,25);1H. The Morgan fingerprint density at radius 2 is 1.65 bits per heavy atom. The zero-order chi connectivity index (χ0) is 17.6. The van der Waals surface area contributed by atoms with Crippen LogP contribution in [0.15, 0.2) is 54.6 Å². The second-order valence-electron chi connectivity index (χ2n) is 6.87. The third kappa shape index (κ3) is 5.47. The van der Waals surface area contributed by atoms with Crippen LogP contribution in [0.4, 0.5) is 0 Å². The lowest BCUT2D eigenvalue weighted by molar-refractivity contribution is -0.122. The first-order valence-corrected chi connectivity index (χ1v) is 9.35. The van der Waals surface area contributed by atoms with E-state index < -0.39 is 0 Å². The van der Waals surface area contributed by atoms with Gasteiger partial charge in [-0.15, -0.1) is 12.4 Å². The maximum Gasteiger partial charge on any atom is 0.221 e. The van der Waals surface area contributed by atoms with Crippen LogP contribution < -0.4 is 11.1 Å². The number of halogens is 2. The molecule has 0 heterocycles. The second-order valence-corrected chi connectivity index (χ2v) is 7.28. The van der Waals surface area contributed by atoms with Crippen molar-refractivity contribution in [2.45, 2.75) is 50.1 Å². The van der Waals surface area contributed by atoms with Gasteiger partial charge in [0.2, 0.25) is 5.91 Å². The third-order valence-corrected chi connectivity index (χ3v) is 5.35. The van der Waals surface area contributed by atoms with Gasteiger partial charge < -0.3 is 11.1 Å². The molecular weight excluding hydrogens is 367 g/mol. The summed E-state index contributed by atoms with van der Waals surface area (Å²) in [5.41, 5.74) is 8.05. The molecule has 1 unspecified atom stereocenters. The number of nitrogens with two attached hydrogens (primary N) is 1. The average molecular weight is 393 g/mol. The van der Waals surface area contributed by atoms with Crippen LogP contribution in [0.25, 0.3) is 0 Å². The predicted octanol–water partition coefficient (Wildman–Crippen LogP) is 4.67. The van der Waals surface area contributed by atoms with Gasteiger partial charge in [-0.25, -0.2) is 0 Å². The first kappa shape index (κ1) is 20.8. The number of nitrogens with one attached hydrogen (secondary N) is 1. The van der Waals surface area contributed by atoms with Gasteiger partial charge in [-0.2, -0.15) is 0 Å². The van der Waals surface area contributed by atoms with E-state index in [1.54, 1.807) is 0 Å². The van der Waals surface area contributed by atoms with Gasteiger partial charge in [-0.3, -0.25) is 4.79 Å². The van der Waals surface area contributed by atoms with Crippen molar-refractivity contribution in [3.05, 3.63) is 70.7 Å². The van der Waals surface area contributed by atoms with Gasteiger partial charge >= 0.3 is 0 Å². The molecule has 2 aromatic rings. The van der Waals surface area contributed by atoms with Crippen molar-refractivity contribution in [1.29, 1.82) is 0 Å². The Labute approximate surface area is 166 Å². The molecule has 1 aliphatic rings. The lowest BCUT2D eigenvalue weighted by Gasteiger charge is -2.27. The van der Waals surface area contributed by atoms with Crippen LogP contribution in [0.5, 0.6) is 0 Å². The molecule has 1 atom stereocenters. The maximum absolute atomic E-state index is 12.7. The molecule has 3 nitrogen and oxygen atoms in total. The summed E-state index contributed by atoms with van der Waals surface area (Å²) in [5, 5.41) is 3.89.